The van der Waals surface area contributed by atoms with Gasteiger partial charge in [0.2, 0.25) is 0 Å². The quantitative estimate of drug-likeness (QED) is 0.342. The summed E-state index contributed by atoms with van der Waals surface area (Å²) >= 11 is 0. The number of ether oxygens (including phenoxy) is 3. The highest BCUT2D eigenvalue weighted by Gasteiger charge is 2.16. The molecule has 0 spiro atoms. The van der Waals surface area contributed by atoms with E-state index < -0.39 is 5.82 Å². The van der Waals surface area contributed by atoms with Crippen LogP contribution in [0.1, 0.15) is 20.3 Å². The zero-order valence-corrected chi connectivity index (χ0v) is 22.1. The number of amides is 2. The van der Waals surface area contributed by atoms with Crippen LogP contribution in [0.2, 0.25) is 0 Å². The summed E-state index contributed by atoms with van der Waals surface area (Å²) in [5.41, 5.74) is 1.44. The van der Waals surface area contributed by atoms with Gasteiger partial charge in [-0.15, -0.1) is 0 Å². The van der Waals surface area contributed by atoms with Gasteiger partial charge < -0.3 is 30.2 Å². The van der Waals surface area contributed by atoms with Gasteiger partial charge in [-0.25, -0.2) is 19.2 Å². The van der Waals surface area contributed by atoms with E-state index in [0.29, 0.717) is 48.0 Å². The van der Waals surface area contributed by atoms with Crippen LogP contribution < -0.4 is 20.7 Å². The van der Waals surface area contributed by atoms with E-state index in [1.807, 2.05) is 13.8 Å². The third-order valence-corrected chi connectivity index (χ3v) is 6.41. The van der Waals surface area contributed by atoms with Crippen LogP contribution in [0.3, 0.4) is 0 Å². The SMILES string of the molecule is COC(C)(C)CCNC(=O)Nc1ccc(Nc2ncnc3cc(OCCN4CCOCC4)cc(F)c23)cc1. The Balaban J connectivity index is 1.34. The average Bonchev–Trinajstić information content (AvgIpc) is 2.90. The van der Waals surface area contributed by atoms with Crippen LogP contribution >= 0.6 is 0 Å². The Morgan fingerprint density at radius 2 is 1.87 bits per heavy atom. The minimum absolute atomic E-state index is 0.272. The highest BCUT2D eigenvalue weighted by Crippen LogP contribution is 2.29. The topological polar surface area (TPSA) is 110 Å². The fraction of sp³-hybridized carbons (Fsp3) is 0.444. The number of aromatic nitrogens is 2. The molecule has 10 nitrogen and oxygen atoms in total. The summed E-state index contributed by atoms with van der Waals surface area (Å²) in [7, 11) is 1.65. The smallest absolute Gasteiger partial charge is 0.319 e. The monoisotopic (exact) mass is 526 g/mol. The van der Waals surface area contributed by atoms with Crippen LogP contribution in [0.15, 0.2) is 42.7 Å². The normalized spacial score (nSPS) is 14.3. The van der Waals surface area contributed by atoms with Gasteiger partial charge in [0, 0.05) is 56.8 Å². The number of benzene rings is 2. The van der Waals surface area contributed by atoms with Gasteiger partial charge in [-0.3, -0.25) is 4.90 Å². The first-order valence-electron chi connectivity index (χ1n) is 12.7. The Morgan fingerprint density at radius 3 is 2.61 bits per heavy atom. The molecule has 1 aliphatic rings. The molecule has 0 saturated carbocycles. The Labute approximate surface area is 221 Å². The number of methoxy groups -OCH3 is 1. The highest BCUT2D eigenvalue weighted by molar-refractivity contribution is 5.92. The number of nitrogens with zero attached hydrogens (tertiary/aromatic N) is 3. The summed E-state index contributed by atoms with van der Waals surface area (Å²) in [6.07, 6.45) is 2.07. The second-order valence-electron chi connectivity index (χ2n) is 9.62. The van der Waals surface area contributed by atoms with Crippen LogP contribution in [0.5, 0.6) is 5.75 Å². The van der Waals surface area contributed by atoms with Gasteiger partial charge in [-0.05, 0) is 44.5 Å². The fourth-order valence-corrected chi connectivity index (χ4v) is 3.94. The maximum Gasteiger partial charge on any atom is 0.319 e. The molecule has 2 aromatic carbocycles. The van der Waals surface area contributed by atoms with Crippen molar-refractivity contribution in [3.8, 4) is 5.75 Å². The van der Waals surface area contributed by atoms with Crippen molar-refractivity contribution < 1.29 is 23.4 Å². The molecular weight excluding hydrogens is 491 g/mol. The first-order chi connectivity index (χ1) is 18.3. The molecule has 1 saturated heterocycles. The number of urea groups is 1. The number of morpholine rings is 1. The van der Waals surface area contributed by atoms with E-state index >= 15 is 4.39 Å². The lowest BCUT2D eigenvalue weighted by molar-refractivity contribution is 0.0165. The van der Waals surface area contributed by atoms with E-state index in [9.17, 15) is 4.79 Å². The number of carbonyl (C=O) groups excluding carboxylic acids is 1. The molecule has 0 atom stereocenters. The first kappa shape index (κ1) is 27.5. The Morgan fingerprint density at radius 1 is 1.13 bits per heavy atom. The highest BCUT2D eigenvalue weighted by atomic mass is 19.1. The maximum atomic E-state index is 15.1. The standard InChI is InChI=1S/C27H35FN6O4/c1-27(2,36-3)8-9-29-26(35)33-20-6-4-19(5-7-20)32-25-24-22(28)16-21(17-23(24)30-18-31-25)38-15-12-34-10-13-37-14-11-34/h4-7,16-18H,8-15H2,1-3H3,(H2,29,33,35)(H,30,31,32). The molecule has 204 valence electrons. The molecule has 0 aliphatic carbocycles. The second kappa shape index (κ2) is 12.8. The number of nitrogens with one attached hydrogen (secondary N) is 3. The number of fused-ring (bicyclic) bond motifs is 1. The van der Waals surface area contributed by atoms with Gasteiger partial charge >= 0.3 is 6.03 Å². The van der Waals surface area contributed by atoms with Gasteiger partial charge in [-0.1, -0.05) is 0 Å². The molecule has 2 heterocycles. The Hall–Kier alpha value is -3.54. The lowest BCUT2D eigenvalue weighted by Gasteiger charge is -2.26. The van der Waals surface area contributed by atoms with Gasteiger partial charge in [0.15, 0.2) is 0 Å². The van der Waals surface area contributed by atoms with Crippen LogP contribution in [-0.4, -0.2) is 79.6 Å². The molecule has 1 aliphatic heterocycles. The fourth-order valence-electron chi connectivity index (χ4n) is 3.94. The van der Waals surface area contributed by atoms with Gasteiger partial charge in [0.1, 0.15) is 30.3 Å². The molecule has 0 unspecified atom stereocenters. The van der Waals surface area contributed by atoms with E-state index in [4.69, 9.17) is 14.2 Å². The molecule has 11 heteroatoms. The summed E-state index contributed by atoms with van der Waals surface area (Å²) in [5, 5.41) is 9.02. The van der Waals surface area contributed by atoms with Crippen LogP contribution in [0.25, 0.3) is 10.9 Å². The van der Waals surface area contributed by atoms with Crippen LogP contribution in [0, 0.1) is 5.82 Å². The van der Waals surface area contributed by atoms with Crippen molar-refractivity contribution in [2.75, 3.05) is 63.7 Å². The first-order valence-corrected chi connectivity index (χ1v) is 12.7. The molecule has 38 heavy (non-hydrogen) atoms. The van der Waals surface area contributed by atoms with E-state index in [0.717, 1.165) is 32.8 Å². The van der Waals surface area contributed by atoms with E-state index in [-0.39, 0.29) is 17.0 Å². The Bertz CT molecular complexity index is 1220. The summed E-state index contributed by atoms with van der Waals surface area (Å²) in [6, 6.07) is 9.82. The molecule has 0 radical (unpaired) electrons. The van der Waals surface area contributed by atoms with Gasteiger partial charge in [0.05, 0.1) is 29.7 Å². The molecular formula is C27H35FN6O4. The van der Waals surface area contributed by atoms with E-state index in [1.54, 1.807) is 37.4 Å². The van der Waals surface area contributed by atoms with Crippen molar-refractivity contribution in [2.24, 2.45) is 0 Å². The van der Waals surface area contributed by atoms with E-state index in [2.05, 4.69) is 30.8 Å². The van der Waals surface area contributed by atoms with Crippen molar-refractivity contribution in [1.82, 2.24) is 20.2 Å². The molecule has 1 fully saturated rings. The van der Waals surface area contributed by atoms with Crippen molar-refractivity contribution in [3.05, 3.63) is 48.5 Å². The lowest BCUT2D eigenvalue weighted by atomic mass is 10.1. The largest absolute Gasteiger partial charge is 0.492 e. The minimum atomic E-state index is -0.474. The summed E-state index contributed by atoms with van der Waals surface area (Å²) in [6.45, 7) is 8.80. The van der Waals surface area contributed by atoms with E-state index in [1.165, 1.54) is 12.4 Å². The van der Waals surface area contributed by atoms with Crippen molar-refractivity contribution in [1.29, 1.82) is 0 Å². The van der Waals surface area contributed by atoms with Crippen molar-refractivity contribution in [2.45, 2.75) is 25.9 Å². The Kier molecular flexibility index (Phi) is 9.27. The number of anilines is 3. The van der Waals surface area contributed by atoms with Crippen LogP contribution in [-0.2, 0) is 9.47 Å². The van der Waals surface area contributed by atoms with Crippen molar-refractivity contribution in [3.63, 3.8) is 0 Å². The third-order valence-electron chi connectivity index (χ3n) is 6.41. The van der Waals surface area contributed by atoms with Crippen molar-refractivity contribution >= 4 is 34.1 Å². The van der Waals surface area contributed by atoms with Crippen LogP contribution in [0.4, 0.5) is 26.4 Å². The molecule has 2 amide bonds. The number of carbonyl (C=O) groups is 1. The number of halogens is 1. The third kappa shape index (κ3) is 7.73. The molecule has 3 N–H and O–H groups in total. The predicted molar refractivity (Wildman–Crippen MR) is 145 cm³/mol. The summed E-state index contributed by atoms with van der Waals surface area (Å²) < 4.78 is 31.6. The average molecular weight is 527 g/mol. The lowest BCUT2D eigenvalue weighted by Crippen LogP contribution is -2.38. The van der Waals surface area contributed by atoms with Gasteiger partial charge in [-0.2, -0.15) is 0 Å². The molecule has 1 aromatic heterocycles. The number of hydrogen-bond acceptors (Lipinski definition) is 8. The zero-order valence-electron chi connectivity index (χ0n) is 22.1. The second-order valence-corrected chi connectivity index (χ2v) is 9.62. The van der Waals surface area contributed by atoms with Gasteiger partial charge in [0.25, 0.3) is 0 Å². The maximum absolute atomic E-state index is 15.1. The minimum Gasteiger partial charge on any atom is -0.492 e. The summed E-state index contributed by atoms with van der Waals surface area (Å²) in [5.74, 6) is 0.289. The molecule has 0 bridgehead atoms. The molecule has 4 rings (SSSR count). The molecule has 3 aromatic rings. The predicted octanol–water partition coefficient (Wildman–Crippen LogP) is 4.16. The zero-order chi connectivity index (χ0) is 27.0. The number of hydrogen-bond donors (Lipinski definition) is 3. The number of rotatable bonds is 11. The summed E-state index contributed by atoms with van der Waals surface area (Å²) in [4.78, 5) is 22.9.